The zero-order valence-corrected chi connectivity index (χ0v) is 18.5. The number of benzene rings is 3. The molecule has 5 nitrogen and oxygen atoms in total. The minimum Gasteiger partial charge on any atom is -0.346 e. The van der Waals surface area contributed by atoms with Crippen LogP contribution in [0.1, 0.15) is 40.0 Å². The molecule has 4 rings (SSSR count). The summed E-state index contributed by atoms with van der Waals surface area (Å²) >= 11 is 0. The Morgan fingerprint density at radius 2 is 1.56 bits per heavy atom. The molecule has 4 aromatic rings. The van der Waals surface area contributed by atoms with Crippen molar-refractivity contribution in [3.05, 3.63) is 107 Å². The summed E-state index contributed by atoms with van der Waals surface area (Å²) in [6.07, 6.45) is 1.73. The zero-order chi connectivity index (χ0) is 22.5. The lowest BCUT2D eigenvalue weighted by atomic mass is 10.1. The van der Waals surface area contributed by atoms with Crippen LogP contribution in [0, 0.1) is 13.8 Å². The summed E-state index contributed by atoms with van der Waals surface area (Å²) in [5.41, 5.74) is 5.78. The second-order valence-electron chi connectivity index (χ2n) is 7.94. The van der Waals surface area contributed by atoms with Crippen LogP contribution in [0.3, 0.4) is 0 Å². The Hall–Kier alpha value is -3.99. The minimum absolute atomic E-state index is 0.0846. The van der Waals surface area contributed by atoms with Gasteiger partial charge in [0.1, 0.15) is 5.82 Å². The maximum Gasteiger partial charge on any atom is 0.251 e. The van der Waals surface area contributed by atoms with E-state index in [0.717, 1.165) is 16.8 Å². The van der Waals surface area contributed by atoms with Crippen LogP contribution in [0.4, 0.5) is 11.5 Å². The van der Waals surface area contributed by atoms with Gasteiger partial charge >= 0.3 is 0 Å². The Bertz CT molecular complexity index is 1220. The van der Waals surface area contributed by atoms with Gasteiger partial charge in [-0.1, -0.05) is 65.7 Å². The topological polar surface area (TPSA) is 66.9 Å². The lowest BCUT2D eigenvalue weighted by Crippen LogP contribution is -2.26. The molecule has 32 heavy (non-hydrogen) atoms. The lowest BCUT2D eigenvalue weighted by Gasteiger charge is -2.15. The number of aryl methyl sites for hydroxylation is 2. The first-order valence-electron chi connectivity index (χ1n) is 10.6. The number of amides is 1. The van der Waals surface area contributed by atoms with Gasteiger partial charge < -0.3 is 10.6 Å². The summed E-state index contributed by atoms with van der Waals surface area (Å²) in [7, 11) is 0. The first-order chi connectivity index (χ1) is 15.5. The Morgan fingerprint density at radius 1 is 0.875 bits per heavy atom. The fourth-order valence-electron chi connectivity index (χ4n) is 3.37. The van der Waals surface area contributed by atoms with Gasteiger partial charge in [0, 0.05) is 23.0 Å². The largest absolute Gasteiger partial charge is 0.346 e. The van der Waals surface area contributed by atoms with E-state index in [1.54, 1.807) is 12.3 Å². The van der Waals surface area contributed by atoms with Crippen molar-refractivity contribution in [2.24, 2.45) is 0 Å². The monoisotopic (exact) mass is 422 g/mol. The number of hydrogen-bond donors (Lipinski definition) is 2. The highest BCUT2D eigenvalue weighted by atomic mass is 16.1. The molecule has 0 saturated heterocycles. The van der Waals surface area contributed by atoms with E-state index >= 15 is 0 Å². The number of rotatable bonds is 6. The molecule has 0 aliphatic heterocycles. The number of nitrogens with one attached hydrogen (secondary N) is 2. The van der Waals surface area contributed by atoms with Crippen molar-refractivity contribution >= 4 is 17.4 Å². The second-order valence-corrected chi connectivity index (χ2v) is 7.94. The summed E-state index contributed by atoms with van der Waals surface area (Å²) in [6.45, 7) is 6.08. The van der Waals surface area contributed by atoms with Crippen molar-refractivity contribution in [1.82, 2.24) is 15.3 Å². The minimum atomic E-state index is -0.121. The maximum absolute atomic E-state index is 12.8. The Balaban J connectivity index is 1.47. The Morgan fingerprint density at radius 3 is 2.28 bits per heavy atom. The van der Waals surface area contributed by atoms with E-state index in [-0.39, 0.29) is 11.9 Å². The summed E-state index contributed by atoms with van der Waals surface area (Å²) in [4.78, 5) is 21.8. The Labute approximate surface area is 188 Å². The summed E-state index contributed by atoms with van der Waals surface area (Å²) in [6, 6.07) is 25.4. The average molecular weight is 423 g/mol. The van der Waals surface area contributed by atoms with Crippen LogP contribution >= 0.6 is 0 Å². The molecular formula is C27H26N4O. The third-order valence-electron chi connectivity index (χ3n) is 5.29. The van der Waals surface area contributed by atoms with Gasteiger partial charge in [-0.05, 0) is 50.6 Å². The van der Waals surface area contributed by atoms with Crippen molar-refractivity contribution in [2.45, 2.75) is 26.8 Å². The molecule has 1 atom stereocenters. The van der Waals surface area contributed by atoms with Gasteiger partial charge in [-0.25, -0.2) is 9.97 Å². The van der Waals surface area contributed by atoms with Crippen LogP contribution in [0.2, 0.25) is 0 Å². The number of carbonyl (C=O) groups excluding carboxylic acids is 1. The van der Waals surface area contributed by atoms with E-state index in [2.05, 4.69) is 32.7 Å². The molecule has 0 bridgehead atoms. The first kappa shape index (κ1) is 21.2. The molecule has 5 heteroatoms. The molecule has 1 aromatic heterocycles. The summed E-state index contributed by atoms with van der Waals surface area (Å²) in [5.74, 6) is 1.20. The van der Waals surface area contributed by atoms with Gasteiger partial charge in [0.25, 0.3) is 5.91 Å². The number of carbonyl (C=O) groups is 1. The van der Waals surface area contributed by atoms with Gasteiger partial charge in [0.15, 0.2) is 5.82 Å². The van der Waals surface area contributed by atoms with Crippen molar-refractivity contribution in [3.63, 3.8) is 0 Å². The lowest BCUT2D eigenvalue weighted by molar-refractivity contribution is 0.0940. The average Bonchev–Trinajstić information content (AvgIpc) is 2.80. The number of nitrogens with zero attached hydrogens (tertiary/aromatic N) is 2. The molecule has 160 valence electrons. The van der Waals surface area contributed by atoms with E-state index in [9.17, 15) is 4.79 Å². The van der Waals surface area contributed by atoms with Crippen LogP contribution in [0.5, 0.6) is 0 Å². The fourth-order valence-corrected chi connectivity index (χ4v) is 3.37. The Kier molecular flexibility index (Phi) is 6.26. The van der Waals surface area contributed by atoms with E-state index in [1.165, 1.54) is 11.1 Å². The molecule has 3 aromatic carbocycles. The molecule has 0 aliphatic rings. The quantitative estimate of drug-likeness (QED) is 0.400. The molecule has 0 saturated carbocycles. The molecule has 0 radical (unpaired) electrons. The SMILES string of the molecule is Cc1ccc(-c2nccc(Nc3cccc(C(=O)N[C@@H](C)c4ccc(C)cc4)c3)n2)cc1. The predicted molar refractivity (Wildman–Crippen MR) is 129 cm³/mol. The van der Waals surface area contributed by atoms with E-state index in [1.807, 2.05) is 81.4 Å². The molecule has 1 heterocycles. The maximum atomic E-state index is 12.8. The van der Waals surface area contributed by atoms with Gasteiger partial charge in [-0.15, -0.1) is 0 Å². The van der Waals surface area contributed by atoms with Crippen LogP contribution in [0.15, 0.2) is 85.1 Å². The predicted octanol–water partition coefficient (Wildman–Crippen LogP) is 6.00. The third-order valence-corrected chi connectivity index (χ3v) is 5.29. The smallest absolute Gasteiger partial charge is 0.251 e. The third kappa shape index (κ3) is 5.19. The normalized spacial score (nSPS) is 11.6. The van der Waals surface area contributed by atoms with Crippen LogP contribution < -0.4 is 10.6 Å². The molecule has 0 fully saturated rings. The van der Waals surface area contributed by atoms with Gasteiger partial charge in [0.2, 0.25) is 0 Å². The molecular weight excluding hydrogens is 396 g/mol. The molecule has 0 aliphatic carbocycles. The van der Waals surface area contributed by atoms with Crippen LogP contribution in [0.25, 0.3) is 11.4 Å². The van der Waals surface area contributed by atoms with Crippen molar-refractivity contribution in [3.8, 4) is 11.4 Å². The van der Waals surface area contributed by atoms with E-state index in [4.69, 9.17) is 0 Å². The summed E-state index contributed by atoms with van der Waals surface area (Å²) in [5, 5.41) is 6.35. The van der Waals surface area contributed by atoms with Crippen molar-refractivity contribution < 1.29 is 4.79 Å². The van der Waals surface area contributed by atoms with Crippen LogP contribution in [-0.4, -0.2) is 15.9 Å². The zero-order valence-electron chi connectivity index (χ0n) is 18.5. The number of hydrogen-bond acceptors (Lipinski definition) is 4. The van der Waals surface area contributed by atoms with E-state index in [0.29, 0.717) is 17.2 Å². The second kappa shape index (κ2) is 9.43. The highest BCUT2D eigenvalue weighted by molar-refractivity contribution is 5.95. The fraction of sp³-hybridized carbons (Fsp3) is 0.148. The molecule has 0 spiro atoms. The highest BCUT2D eigenvalue weighted by Crippen LogP contribution is 2.21. The number of anilines is 2. The molecule has 0 unspecified atom stereocenters. The molecule has 2 N–H and O–H groups in total. The highest BCUT2D eigenvalue weighted by Gasteiger charge is 2.12. The van der Waals surface area contributed by atoms with Gasteiger partial charge in [0.05, 0.1) is 6.04 Å². The number of aromatic nitrogens is 2. The first-order valence-corrected chi connectivity index (χ1v) is 10.6. The van der Waals surface area contributed by atoms with E-state index < -0.39 is 0 Å². The van der Waals surface area contributed by atoms with Crippen molar-refractivity contribution in [1.29, 1.82) is 0 Å². The standard InChI is InChI=1S/C27H26N4O/c1-18-7-11-21(12-8-18)20(3)29-27(32)23-5-4-6-24(17-23)30-25-15-16-28-26(31-25)22-13-9-19(2)10-14-22/h4-17,20H,1-3H3,(H,29,32)(H,28,30,31)/t20-/m0/s1. The van der Waals surface area contributed by atoms with Crippen molar-refractivity contribution in [2.75, 3.05) is 5.32 Å². The summed E-state index contributed by atoms with van der Waals surface area (Å²) < 4.78 is 0. The molecule has 1 amide bonds. The van der Waals surface area contributed by atoms with Gasteiger partial charge in [-0.2, -0.15) is 0 Å². The van der Waals surface area contributed by atoms with Gasteiger partial charge in [-0.3, -0.25) is 4.79 Å². The van der Waals surface area contributed by atoms with Crippen LogP contribution in [-0.2, 0) is 0 Å².